The highest BCUT2D eigenvalue weighted by molar-refractivity contribution is 5.99. The summed E-state index contributed by atoms with van der Waals surface area (Å²) in [4.78, 5) is 38.7. The van der Waals surface area contributed by atoms with Crippen molar-refractivity contribution in [2.24, 2.45) is 0 Å². The average Bonchev–Trinajstić information content (AvgIpc) is 3.18. The zero-order chi connectivity index (χ0) is 25.2. The molecule has 0 saturated carbocycles. The average molecular weight is 479 g/mol. The summed E-state index contributed by atoms with van der Waals surface area (Å²) in [6.45, 7) is 4.08. The molecule has 6 heteroatoms. The molecule has 0 spiro atoms. The molecule has 2 aromatic heterocycles. The second-order valence-electron chi connectivity index (χ2n) is 8.89. The number of ether oxygens (including phenoxy) is 1. The number of hydrogen-bond donors (Lipinski definition) is 0. The zero-order valence-electron chi connectivity index (χ0n) is 20.2. The van der Waals surface area contributed by atoms with Crippen molar-refractivity contribution in [3.8, 4) is 0 Å². The molecule has 180 valence electrons. The molecule has 5 rings (SSSR count). The van der Waals surface area contributed by atoms with Crippen LogP contribution in [0, 0.1) is 13.8 Å². The molecule has 0 radical (unpaired) electrons. The number of hydrogen-bond acceptors (Lipinski definition) is 4. The second kappa shape index (κ2) is 9.66. The van der Waals surface area contributed by atoms with Gasteiger partial charge in [0.2, 0.25) is 5.78 Å². The third-order valence-electron chi connectivity index (χ3n) is 6.59. The van der Waals surface area contributed by atoms with E-state index in [1.54, 1.807) is 28.8 Å². The van der Waals surface area contributed by atoms with Crippen molar-refractivity contribution in [1.29, 1.82) is 0 Å². The molecule has 0 unspecified atom stereocenters. The predicted molar refractivity (Wildman–Crippen MR) is 140 cm³/mol. The standard InChI is InChI=1S/C30H26N2O4/c1-20-16-25(21(2)31(20)17-22-10-4-3-5-11-22)28(33)19-36-29(34)18-32-26-14-8-6-12-23(26)30(35)24-13-7-9-15-27(24)32/h3-16H,17-19H2,1-2H3. The Morgan fingerprint density at radius 2 is 1.36 bits per heavy atom. The quantitative estimate of drug-likeness (QED) is 0.187. The Labute approximate surface area is 208 Å². The van der Waals surface area contributed by atoms with Gasteiger partial charge in [-0.05, 0) is 49.7 Å². The number of Topliss-reactive ketones (excluding diaryl/α,β-unsaturated/α-hetero) is 1. The number of benzene rings is 3. The number of nitrogens with zero attached hydrogens (tertiary/aromatic N) is 2. The molecule has 5 aromatic rings. The molecular weight excluding hydrogens is 452 g/mol. The molecule has 0 amide bonds. The lowest BCUT2D eigenvalue weighted by Gasteiger charge is -2.14. The van der Waals surface area contributed by atoms with Gasteiger partial charge in [-0.2, -0.15) is 0 Å². The van der Waals surface area contributed by atoms with Gasteiger partial charge in [-0.15, -0.1) is 0 Å². The SMILES string of the molecule is Cc1cc(C(=O)COC(=O)Cn2c3ccccc3c(=O)c3ccccc32)c(C)n1Cc1ccccc1. The largest absolute Gasteiger partial charge is 0.456 e. The van der Waals surface area contributed by atoms with E-state index >= 15 is 0 Å². The van der Waals surface area contributed by atoms with E-state index < -0.39 is 5.97 Å². The van der Waals surface area contributed by atoms with Crippen molar-refractivity contribution in [1.82, 2.24) is 9.13 Å². The predicted octanol–water partition coefficient (Wildman–Crippen LogP) is 5.05. The molecule has 36 heavy (non-hydrogen) atoms. The maximum absolute atomic E-state index is 13.0. The van der Waals surface area contributed by atoms with Crippen molar-refractivity contribution in [3.05, 3.63) is 118 Å². The molecule has 3 aromatic carbocycles. The molecule has 0 N–H and O–H groups in total. The van der Waals surface area contributed by atoms with Crippen molar-refractivity contribution < 1.29 is 14.3 Å². The summed E-state index contributed by atoms with van der Waals surface area (Å²) in [6, 6.07) is 26.3. The fourth-order valence-corrected chi connectivity index (χ4v) is 4.74. The van der Waals surface area contributed by atoms with Gasteiger partial charge in [0.1, 0.15) is 6.54 Å². The van der Waals surface area contributed by atoms with Gasteiger partial charge in [0.05, 0.1) is 11.0 Å². The molecule has 0 aliphatic carbocycles. The smallest absolute Gasteiger partial charge is 0.326 e. The molecule has 0 atom stereocenters. The van der Waals surface area contributed by atoms with Gasteiger partial charge in [-0.3, -0.25) is 14.4 Å². The number of carbonyl (C=O) groups excluding carboxylic acids is 2. The van der Waals surface area contributed by atoms with Crippen LogP contribution in [0.25, 0.3) is 21.8 Å². The van der Waals surface area contributed by atoms with E-state index in [9.17, 15) is 14.4 Å². The maximum atomic E-state index is 13.0. The number of para-hydroxylation sites is 2. The van der Waals surface area contributed by atoms with Gasteiger partial charge in [-0.1, -0.05) is 54.6 Å². The number of aromatic nitrogens is 2. The van der Waals surface area contributed by atoms with E-state index in [4.69, 9.17) is 4.74 Å². The van der Waals surface area contributed by atoms with Crippen molar-refractivity contribution in [2.75, 3.05) is 6.61 Å². The van der Waals surface area contributed by atoms with Crippen LogP contribution in [0.15, 0.2) is 89.7 Å². The monoisotopic (exact) mass is 478 g/mol. The van der Waals surface area contributed by atoms with Crippen molar-refractivity contribution in [2.45, 2.75) is 26.9 Å². The number of esters is 1. The Morgan fingerprint density at radius 3 is 2.00 bits per heavy atom. The number of fused-ring (bicyclic) bond motifs is 2. The molecule has 0 saturated heterocycles. The topological polar surface area (TPSA) is 70.3 Å². The minimum Gasteiger partial charge on any atom is -0.456 e. The Balaban J connectivity index is 1.35. The van der Waals surface area contributed by atoms with Gasteiger partial charge in [0.25, 0.3) is 0 Å². The number of rotatable bonds is 7. The van der Waals surface area contributed by atoms with Crippen LogP contribution in [0.1, 0.15) is 27.3 Å². The van der Waals surface area contributed by atoms with E-state index in [0.717, 1.165) is 17.0 Å². The minimum absolute atomic E-state index is 0.0770. The Hall–Kier alpha value is -4.45. The molecule has 6 nitrogen and oxygen atoms in total. The molecule has 0 bridgehead atoms. The first-order chi connectivity index (χ1) is 17.4. The normalized spacial score (nSPS) is 11.2. The molecule has 0 fully saturated rings. The Kier molecular flexibility index (Phi) is 6.25. The first-order valence-corrected chi connectivity index (χ1v) is 11.8. The second-order valence-corrected chi connectivity index (χ2v) is 8.89. The lowest BCUT2D eigenvalue weighted by atomic mass is 10.1. The lowest BCUT2D eigenvalue weighted by Crippen LogP contribution is -2.21. The Bertz CT molecular complexity index is 1600. The summed E-state index contributed by atoms with van der Waals surface area (Å²) >= 11 is 0. The first-order valence-electron chi connectivity index (χ1n) is 11.8. The minimum atomic E-state index is -0.541. The fraction of sp³-hybridized carbons (Fsp3) is 0.167. The number of pyridine rings is 1. The van der Waals surface area contributed by atoms with Gasteiger partial charge >= 0.3 is 5.97 Å². The Morgan fingerprint density at radius 1 is 0.778 bits per heavy atom. The fourth-order valence-electron chi connectivity index (χ4n) is 4.74. The molecule has 2 heterocycles. The van der Waals surface area contributed by atoms with Gasteiger partial charge in [0.15, 0.2) is 12.0 Å². The van der Waals surface area contributed by atoms with Gasteiger partial charge in [0, 0.05) is 34.3 Å². The number of aryl methyl sites for hydroxylation is 1. The molecular formula is C30H26N2O4. The highest BCUT2D eigenvalue weighted by Gasteiger charge is 2.19. The lowest BCUT2D eigenvalue weighted by molar-refractivity contribution is -0.143. The zero-order valence-corrected chi connectivity index (χ0v) is 20.2. The van der Waals surface area contributed by atoms with E-state index in [1.807, 2.05) is 74.5 Å². The molecule has 0 aliphatic rings. The summed E-state index contributed by atoms with van der Waals surface area (Å²) in [7, 11) is 0. The summed E-state index contributed by atoms with van der Waals surface area (Å²) in [6.07, 6.45) is 0. The highest BCUT2D eigenvalue weighted by atomic mass is 16.5. The van der Waals surface area contributed by atoms with Crippen molar-refractivity contribution in [3.63, 3.8) is 0 Å². The van der Waals surface area contributed by atoms with Crippen molar-refractivity contribution >= 4 is 33.6 Å². The van der Waals surface area contributed by atoms with E-state index in [0.29, 0.717) is 33.9 Å². The summed E-state index contributed by atoms with van der Waals surface area (Å²) in [5.41, 5.74) is 4.72. The van der Waals surface area contributed by atoms with Crippen LogP contribution in [0.5, 0.6) is 0 Å². The van der Waals surface area contributed by atoms with Crippen LogP contribution in [0.4, 0.5) is 0 Å². The number of ketones is 1. The summed E-state index contributed by atoms with van der Waals surface area (Å²) < 4.78 is 9.27. The van der Waals surface area contributed by atoms with E-state index in [2.05, 4.69) is 4.57 Å². The summed E-state index contributed by atoms with van der Waals surface area (Å²) in [5.74, 6) is -0.786. The van der Waals surface area contributed by atoms with E-state index in [1.165, 1.54) is 0 Å². The van der Waals surface area contributed by atoms with Crippen LogP contribution in [0.2, 0.25) is 0 Å². The third kappa shape index (κ3) is 4.33. The van der Waals surface area contributed by atoms with Crippen LogP contribution in [-0.4, -0.2) is 27.5 Å². The van der Waals surface area contributed by atoms with Crippen LogP contribution < -0.4 is 5.43 Å². The van der Waals surface area contributed by atoms with Crippen LogP contribution in [-0.2, 0) is 22.6 Å². The van der Waals surface area contributed by atoms with Crippen LogP contribution >= 0.6 is 0 Å². The van der Waals surface area contributed by atoms with Gasteiger partial charge in [-0.25, -0.2) is 0 Å². The van der Waals surface area contributed by atoms with Gasteiger partial charge < -0.3 is 13.9 Å². The number of carbonyl (C=O) groups is 2. The van der Waals surface area contributed by atoms with Crippen LogP contribution in [0.3, 0.4) is 0 Å². The molecule has 0 aliphatic heterocycles. The summed E-state index contributed by atoms with van der Waals surface area (Å²) in [5, 5.41) is 1.07. The first kappa shape index (κ1) is 23.3. The van der Waals surface area contributed by atoms with E-state index in [-0.39, 0.29) is 24.4 Å². The maximum Gasteiger partial charge on any atom is 0.326 e. The third-order valence-corrected chi connectivity index (χ3v) is 6.59. The highest BCUT2D eigenvalue weighted by Crippen LogP contribution is 2.20.